The average Bonchev–Trinajstić information content (AvgIpc) is 2.79. The van der Waals surface area contributed by atoms with Crippen LogP contribution < -0.4 is 9.47 Å². The topological polar surface area (TPSA) is 102 Å². The number of rotatable bonds is 10. The lowest BCUT2D eigenvalue weighted by Gasteiger charge is -2.03. The maximum atomic E-state index is 11.9. The van der Waals surface area contributed by atoms with Crippen LogP contribution in [0.25, 0.3) is 12.2 Å². The van der Waals surface area contributed by atoms with Crippen LogP contribution in [0.1, 0.15) is 31.4 Å². The molecule has 2 aromatic rings. The number of benzene rings is 2. The zero-order valence-electron chi connectivity index (χ0n) is 18.8. The standard InChI is InChI=1S/C21H20O6.C4H10O/c1-26-20-11-14(5-9-18(20)24)3-7-16(22)13-17(23)8-4-15-6-10-19(25)21(12-15)27-2;1-3-5-4-2/h3-12,24-25H,13H2,1-2H3;3-4H2,1-2H3/b7-3+,8-4+;. The van der Waals surface area contributed by atoms with Crippen molar-refractivity contribution < 1.29 is 34.0 Å². The van der Waals surface area contributed by atoms with Crippen molar-refractivity contribution in [3.8, 4) is 23.0 Å². The second kappa shape index (κ2) is 14.4. The van der Waals surface area contributed by atoms with Gasteiger partial charge in [-0.25, -0.2) is 0 Å². The molecule has 0 saturated carbocycles. The molecule has 0 radical (unpaired) electrons. The Morgan fingerprint density at radius 3 is 1.50 bits per heavy atom. The van der Waals surface area contributed by atoms with Gasteiger partial charge < -0.3 is 24.4 Å². The van der Waals surface area contributed by atoms with Crippen molar-refractivity contribution in [2.24, 2.45) is 0 Å². The van der Waals surface area contributed by atoms with Gasteiger partial charge >= 0.3 is 0 Å². The molecule has 7 nitrogen and oxygen atoms in total. The number of carbonyl (C=O) groups excluding carboxylic acids is 2. The first-order valence-electron chi connectivity index (χ1n) is 10.1. The van der Waals surface area contributed by atoms with Gasteiger partial charge in [0.05, 0.1) is 20.6 Å². The largest absolute Gasteiger partial charge is 0.504 e. The molecule has 2 aromatic carbocycles. The molecule has 0 saturated heterocycles. The highest BCUT2D eigenvalue weighted by molar-refractivity contribution is 6.10. The third kappa shape index (κ3) is 9.49. The lowest BCUT2D eigenvalue weighted by Crippen LogP contribution is -2.01. The third-order valence-electron chi connectivity index (χ3n) is 4.09. The fourth-order valence-corrected chi connectivity index (χ4v) is 2.47. The Morgan fingerprint density at radius 1 is 0.781 bits per heavy atom. The molecule has 0 amide bonds. The highest BCUT2D eigenvalue weighted by Crippen LogP contribution is 2.27. The van der Waals surface area contributed by atoms with E-state index in [1.165, 1.54) is 38.5 Å². The van der Waals surface area contributed by atoms with Crippen LogP contribution in [0.15, 0.2) is 48.6 Å². The number of methoxy groups -OCH3 is 2. The lowest BCUT2D eigenvalue weighted by molar-refractivity contribution is -0.121. The van der Waals surface area contributed by atoms with Crippen LogP contribution in [0.5, 0.6) is 23.0 Å². The van der Waals surface area contributed by atoms with E-state index < -0.39 is 0 Å². The smallest absolute Gasteiger partial charge is 0.163 e. The highest BCUT2D eigenvalue weighted by atomic mass is 16.5. The van der Waals surface area contributed by atoms with Crippen molar-refractivity contribution in [3.05, 3.63) is 59.7 Å². The molecule has 0 spiro atoms. The first-order valence-corrected chi connectivity index (χ1v) is 10.1. The summed E-state index contributed by atoms with van der Waals surface area (Å²) in [6, 6.07) is 9.34. The van der Waals surface area contributed by atoms with E-state index >= 15 is 0 Å². The number of ether oxygens (including phenoxy) is 3. The molecule has 32 heavy (non-hydrogen) atoms. The fourth-order valence-electron chi connectivity index (χ4n) is 2.47. The molecular weight excluding hydrogens is 412 g/mol. The summed E-state index contributed by atoms with van der Waals surface area (Å²) in [4.78, 5) is 23.9. The number of phenols is 2. The molecule has 0 heterocycles. The molecular formula is C25H30O7. The molecule has 0 aliphatic rings. The third-order valence-corrected chi connectivity index (χ3v) is 4.09. The molecule has 2 rings (SSSR count). The monoisotopic (exact) mass is 442 g/mol. The molecule has 0 bridgehead atoms. The molecule has 0 aliphatic heterocycles. The summed E-state index contributed by atoms with van der Waals surface area (Å²) in [7, 11) is 2.87. The van der Waals surface area contributed by atoms with Gasteiger partial charge in [0.2, 0.25) is 0 Å². The van der Waals surface area contributed by atoms with Crippen molar-refractivity contribution in [1.82, 2.24) is 0 Å². The predicted octanol–water partition coefficient (Wildman–Crippen LogP) is 4.41. The normalized spacial score (nSPS) is 10.6. The molecule has 2 N–H and O–H groups in total. The van der Waals surface area contributed by atoms with Crippen LogP contribution in [-0.2, 0) is 14.3 Å². The minimum absolute atomic E-state index is 0.00662. The number of ketones is 2. The molecule has 0 atom stereocenters. The Labute approximate surface area is 188 Å². The number of carbonyl (C=O) groups is 2. The zero-order chi connectivity index (χ0) is 23.9. The van der Waals surface area contributed by atoms with Crippen LogP contribution in [0, 0.1) is 0 Å². The molecule has 0 aliphatic carbocycles. The summed E-state index contributed by atoms with van der Waals surface area (Å²) < 4.78 is 14.8. The minimum atomic E-state index is -0.347. The number of phenolic OH excluding ortho intramolecular Hbond substituents is 2. The first-order chi connectivity index (χ1) is 15.3. The van der Waals surface area contributed by atoms with Gasteiger partial charge in [0, 0.05) is 13.2 Å². The Balaban J connectivity index is 0.000000920. The van der Waals surface area contributed by atoms with E-state index in [0.717, 1.165) is 13.2 Å². The summed E-state index contributed by atoms with van der Waals surface area (Å²) in [5.41, 5.74) is 1.33. The number of aromatic hydroxyl groups is 2. The molecule has 0 aromatic heterocycles. The Hall–Kier alpha value is -3.58. The zero-order valence-corrected chi connectivity index (χ0v) is 18.8. The number of hydrogen-bond acceptors (Lipinski definition) is 7. The maximum absolute atomic E-state index is 11.9. The van der Waals surface area contributed by atoms with Crippen LogP contribution >= 0.6 is 0 Å². The maximum Gasteiger partial charge on any atom is 0.163 e. The second-order valence-corrected chi connectivity index (χ2v) is 6.42. The summed E-state index contributed by atoms with van der Waals surface area (Å²) in [6.07, 6.45) is 5.44. The van der Waals surface area contributed by atoms with E-state index in [4.69, 9.17) is 14.2 Å². The average molecular weight is 443 g/mol. The van der Waals surface area contributed by atoms with E-state index in [1.807, 2.05) is 13.8 Å². The molecule has 0 fully saturated rings. The van der Waals surface area contributed by atoms with Gasteiger partial charge in [-0.15, -0.1) is 0 Å². The van der Waals surface area contributed by atoms with Crippen LogP contribution in [-0.4, -0.2) is 49.2 Å². The van der Waals surface area contributed by atoms with E-state index in [-0.39, 0.29) is 29.5 Å². The van der Waals surface area contributed by atoms with Crippen LogP contribution in [0.3, 0.4) is 0 Å². The van der Waals surface area contributed by atoms with Crippen molar-refractivity contribution in [1.29, 1.82) is 0 Å². The van der Waals surface area contributed by atoms with E-state index in [0.29, 0.717) is 22.6 Å². The summed E-state index contributed by atoms with van der Waals surface area (Å²) in [5, 5.41) is 19.1. The first kappa shape index (κ1) is 26.5. The summed E-state index contributed by atoms with van der Waals surface area (Å²) in [5.74, 6) is -0.0832. The van der Waals surface area contributed by atoms with Crippen molar-refractivity contribution in [2.45, 2.75) is 20.3 Å². The quantitative estimate of drug-likeness (QED) is 0.415. The highest BCUT2D eigenvalue weighted by Gasteiger charge is 2.06. The van der Waals surface area contributed by atoms with Crippen LogP contribution in [0.4, 0.5) is 0 Å². The number of hydrogen-bond donors (Lipinski definition) is 2. The van der Waals surface area contributed by atoms with E-state index in [2.05, 4.69) is 0 Å². The van der Waals surface area contributed by atoms with Gasteiger partial charge in [-0.1, -0.05) is 24.3 Å². The number of allylic oxidation sites excluding steroid dienone is 2. The van der Waals surface area contributed by atoms with E-state index in [1.54, 1.807) is 36.4 Å². The second-order valence-electron chi connectivity index (χ2n) is 6.42. The van der Waals surface area contributed by atoms with Gasteiger partial charge in [-0.05, 0) is 61.4 Å². The van der Waals surface area contributed by atoms with E-state index in [9.17, 15) is 19.8 Å². The SMILES string of the molecule is CCOCC.COc1cc(/C=C/C(=O)CC(=O)/C=C/c2ccc(O)c(OC)c2)ccc1O. The van der Waals surface area contributed by atoms with Gasteiger partial charge in [0.15, 0.2) is 34.6 Å². The fraction of sp³-hybridized carbons (Fsp3) is 0.280. The molecule has 7 heteroatoms. The molecule has 172 valence electrons. The summed E-state index contributed by atoms with van der Waals surface area (Å²) >= 11 is 0. The summed E-state index contributed by atoms with van der Waals surface area (Å²) in [6.45, 7) is 5.67. The van der Waals surface area contributed by atoms with Gasteiger partial charge in [-0.3, -0.25) is 9.59 Å². The van der Waals surface area contributed by atoms with Crippen molar-refractivity contribution in [2.75, 3.05) is 27.4 Å². The van der Waals surface area contributed by atoms with Gasteiger partial charge in [0.25, 0.3) is 0 Å². The van der Waals surface area contributed by atoms with Crippen LogP contribution in [0.2, 0.25) is 0 Å². The van der Waals surface area contributed by atoms with Gasteiger partial charge in [0.1, 0.15) is 0 Å². The minimum Gasteiger partial charge on any atom is -0.504 e. The predicted molar refractivity (Wildman–Crippen MR) is 124 cm³/mol. The Kier molecular flexibility index (Phi) is 11.9. The molecule has 0 unspecified atom stereocenters. The van der Waals surface area contributed by atoms with Gasteiger partial charge in [-0.2, -0.15) is 0 Å². The Morgan fingerprint density at radius 2 is 1.19 bits per heavy atom. The lowest BCUT2D eigenvalue weighted by atomic mass is 10.1. The van der Waals surface area contributed by atoms with Crippen molar-refractivity contribution >= 4 is 23.7 Å². The Bertz CT molecular complexity index is 870. The van der Waals surface area contributed by atoms with Crippen molar-refractivity contribution in [3.63, 3.8) is 0 Å².